The van der Waals surface area contributed by atoms with Gasteiger partial charge < -0.3 is 9.64 Å². The number of hydrogen-bond donors (Lipinski definition) is 0. The number of benzene rings is 2. The van der Waals surface area contributed by atoms with Gasteiger partial charge in [-0.3, -0.25) is 4.79 Å². The minimum atomic E-state index is -0.00686. The van der Waals surface area contributed by atoms with Crippen LogP contribution < -0.4 is 0 Å². The molecule has 0 atom stereocenters. The summed E-state index contributed by atoms with van der Waals surface area (Å²) in [5, 5.41) is 4.68. The highest BCUT2D eigenvalue weighted by molar-refractivity contribution is 5.94. The molecule has 3 rings (SSSR count). The molecule has 5 nitrogen and oxygen atoms in total. The zero-order valence-corrected chi connectivity index (χ0v) is 17.8. The zero-order valence-electron chi connectivity index (χ0n) is 17.8. The summed E-state index contributed by atoms with van der Waals surface area (Å²) in [6.45, 7) is 9.13. The first-order valence-corrected chi connectivity index (χ1v) is 9.93. The lowest BCUT2D eigenvalue weighted by atomic mass is 10.1. The van der Waals surface area contributed by atoms with Gasteiger partial charge in [0.05, 0.1) is 24.1 Å². The third kappa shape index (κ3) is 4.93. The lowest BCUT2D eigenvalue weighted by molar-refractivity contribution is 0.0656. The van der Waals surface area contributed by atoms with Crippen molar-refractivity contribution < 1.29 is 9.53 Å². The third-order valence-electron chi connectivity index (χ3n) is 4.97. The molecule has 5 heteroatoms. The Balaban J connectivity index is 1.72. The van der Waals surface area contributed by atoms with Crippen molar-refractivity contribution in [2.75, 3.05) is 7.05 Å². The van der Waals surface area contributed by atoms with E-state index >= 15 is 0 Å². The highest BCUT2D eigenvalue weighted by Crippen LogP contribution is 2.20. The van der Waals surface area contributed by atoms with Crippen molar-refractivity contribution in [3.63, 3.8) is 0 Å². The van der Waals surface area contributed by atoms with E-state index in [9.17, 15) is 4.79 Å². The van der Waals surface area contributed by atoms with E-state index in [0.29, 0.717) is 18.7 Å². The number of aryl methyl sites for hydroxylation is 1. The van der Waals surface area contributed by atoms with Gasteiger partial charge in [-0.15, -0.1) is 0 Å². The first-order valence-electron chi connectivity index (χ1n) is 9.93. The lowest BCUT2D eigenvalue weighted by Gasteiger charge is -2.18. The van der Waals surface area contributed by atoms with Crippen molar-refractivity contribution in [3.8, 4) is 5.69 Å². The van der Waals surface area contributed by atoms with Gasteiger partial charge in [-0.2, -0.15) is 5.10 Å². The Morgan fingerprint density at radius 2 is 1.72 bits per heavy atom. The average molecular weight is 392 g/mol. The fourth-order valence-electron chi connectivity index (χ4n) is 3.26. The van der Waals surface area contributed by atoms with Crippen LogP contribution in [0, 0.1) is 13.8 Å². The van der Waals surface area contributed by atoms with Crippen LogP contribution in [0.15, 0.2) is 54.6 Å². The molecule has 29 heavy (non-hydrogen) atoms. The Labute approximate surface area is 172 Å². The molecule has 0 N–H and O–H groups in total. The Hall–Kier alpha value is -2.92. The second-order valence-electron chi connectivity index (χ2n) is 7.61. The number of ether oxygens (including phenoxy) is 1. The molecule has 3 aromatic rings. The van der Waals surface area contributed by atoms with E-state index in [1.165, 1.54) is 0 Å². The number of nitrogens with zero attached hydrogens (tertiary/aromatic N) is 3. The lowest BCUT2D eigenvalue weighted by Crippen LogP contribution is -2.26. The third-order valence-corrected chi connectivity index (χ3v) is 4.97. The van der Waals surface area contributed by atoms with Crippen LogP contribution in [0.1, 0.15) is 46.7 Å². The fourth-order valence-corrected chi connectivity index (χ4v) is 3.26. The van der Waals surface area contributed by atoms with Crippen LogP contribution in [0.5, 0.6) is 0 Å². The maximum Gasteiger partial charge on any atom is 0.253 e. The van der Waals surface area contributed by atoms with E-state index in [1.54, 1.807) is 4.90 Å². The van der Waals surface area contributed by atoms with Crippen molar-refractivity contribution in [2.45, 2.75) is 47.0 Å². The molecule has 0 saturated carbocycles. The molecule has 0 aliphatic heterocycles. The van der Waals surface area contributed by atoms with Crippen LogP contribution >= 0.6 is 0 Å². The molecule has 2 aromatic carbocycles. The number of carbonyl (C=O) groups excluding carboxylic acids is 1. The predicted molar refractivity (Wildman–Crippen MR) is 115 cm³/mol. The highest BCUT2D eigenvalue weighted by atomic mass is 16.5. The van der Waals surface area contributed by atoms with Gasteiger partial charge in [0.25, 0.3) is 5.91 Å². The summed E-state index contributed by atoms with van der Waals surface area (Å²) in [6, 6.07) is 17.7. The molecule has 0 unspecified atom stereocenters. The average Bonchev–Trinajstić information content (AvgIpc) is 3.01. The van der Waals surface area contributed by atoms with Crippen molar-refractivity contribution in [2.24, 2.45) is 0 Å². The molecular formula is C24H29N3O2. The number of rotatable bonds is 7. The van der Waals surface area contributed by atoms with E-state index in [4.69, 9.17) is 4.74 Å². The summed E-state index contributed by atoms with van der Waals surface area (Å²) in [7, 11) is 1.83. The minimum absolute atomic E-state index is 0.00686. The smallest absolute Gasteiger partial charge is 0.253 e. The fraction of sp³-hybridized carbons (Fsp3) is 0.333. The maximum absolute atomic E-state index is 12.9. The van der Waals surface area contributed by atoms with E-state index in [0.717, 1.165) is 28.2 Å². The van der Waals surface area contributed by atoms with Crippen LogP contribution in [0.2, 0.25) is 0 Å². The second-order valence-corrected chi connectivity index (χ2v) is 7.61. The summed E-state index contributed by atoms with van der Waals surface area (Å²) in [4.78, 5) is 14.6. The predicted octanol–water partition coefficient (Wildman–Crippen LogP) is 4.69. The molecule has 0 aliphatic carbocycles. The van der Waals surface area contributed by atoms with Gasteiger partial charge in [0, 0.05) is 30.4 Å². The molecule has 0 fully saturated rings. The molecule has 0 bridgehead atoms. The summed E-state index contributed by atoms with van der Waals surface area (Å²) in [6.07, 6.45) is 0.186. The Morgan fingerprint density at radius 3 is 2.34 bits per heavy atom. The van der Waals surface area contributed by atoms with Crippen LogP contribution in [0.4, 0.5) is 0 Å². The second kappa shape index (κ2) is 9.05. The minimum Gasteiger partial charge on any atom is -0.374 e. The first-order chi connectivity index (χ1) is 13.9. The number of para-hydroxylation sites is 1. The molecule has 1 heterocycles. The van der Waals surface area contributed by atoms with E-state index < -0.39 is 0 Å². The SMILES string of the molecule is Cc1nn(-c2ccccc2)c(C)c1CN(C)C(=O)c1ccc(COC(C)C)cc1. The molecule has 152 valence electrons. The van der Waals surface area contributed by atoms with Crippen LogP contribution in [0.3, 0.4) is 0 Å². The van der Waals surface area contributed by atoms with Crippen molar-refractivity contribution >= 4 is 5.91 Å². The monoisotopic (exact) mass is 391 g/mol. The van der Waals surface area contributed by atoms with Gasteiger partial charge in [0.1, 0.15) is 0 Å². The van der Waals surface area contributed by atoms with E-state index in [-0.39, 0.29) is 12.0 Å². The Morgan fingerprint density at radius 1 is 1.07 bits per heavy atom. The van der Waals surface area contributed by atoms with Crippen LogP contribution in [-0.4, -0.2) is 33.7 Å². The number of carbonyl (C=O) groups is 1. The number of hydrogen-bond acceptors (Lipinski definition) is 3. The highest BCUT2D eigenvalue weighted by Gasteiger charge is 2.18. The van der Waals surface area contributed by atoms with Crippen molar-refractivity contribution in [3.05, 3.63) is 82.7 Å². The first kappa shape index (κ1) is 20.8. The molecule has 1 amide bonds. The van der Waals surface area contributed by atoms with Crippen LogP contribution in [0.25, 0.3) is 5.69 Å². The van der Waals surface area contributed by atoms with Crippen molar-refractivity contribution in [1.82, 2.24) is 14.7 Å². The van der Waals surface area contributed by atoms with Gasteiger partial charge >= 0.3 is 0 Å². The number of aromatic nitrogens is 2. The standard InChI is InChI=1S/C24H29N3O2/c1-17(2)29-16-20-11-13-21(14-12-20)24(28)26(5)15-23-18(3)25-27(19(23)4)22-9-7-6-8-10-22/h6-14,17H,15-16H2,1-5H3. The van der Waals surface area contributed by atoms with Crippen molar-refractivity contribution in [1.29, 1.82) is 0 Å². The summed E-state index contributed by atoms with van der Waals surface area (Å²) < 4.78 is 7.55. The topological polar surface area (TPSA) is 47.4 Å². The zero-order chi connectivity index (χ0) is 21.0. The maximum atomic E-state index is 12.9. The quantitative estimate of drug-likeness (QED) is 0.587. The number of amides is 1. The molecule has 0 radical (unpaired) electrons. The Kier molecular flexibility index (Phi) is 6.49. The molecule has 0 spiro atoms. The largest absolute Gasteiger partial charge is 0.374 e. The molecule has 0 saturated heterocycles. The summed E-state index contributed by atoms with van der Waals surface area (Å²) >= 11 is 0. The van der Waals surface area contributed by atoms with Gasteiger partial charge in [-0.05, 0) is 57.5 Å². The normalized spacial score (nSPS) is 11.1. The molecule has 0 aliphatic rings. The van der Waals surface area contributed by atoms with Gasteiger partial charge in [0.15, 0.2) is 0 Å². The van der Waals surface area contributed by atoms with Crippen LogP contribution in [-0.2, 0) is 17.9 Å². The summed E-state index contributed by atoms with van der Waals surface area (Å²) in [5.74, 6) is -0.00686. The van der Waals surface area contributed by atoms with Gasteiger partial charge in [-0.25, -0.2) is 4.68 Å². The van der Waals surface area contributed by atoms with E-state index in [1.807, 2.05) is 94.0 Å². The van der Waals surface area contributed by atoms with Gasteiger partial charge in [-0.1, -0.05) is 30.3 Å². The van der Waals surface area contributed by atoms with E-state index in [2.05, 4.69) is 5.10 Å². The summed E-state index contributed by atoms with van der Waals surface area (Å²) in [5.41, 5.74) is 5.82. The molecular weight excluding hydrogens is 362 g/mol. The van der Waals surface area contributed by atoms with Gasteiger partial charge in [0.2, 0.25) is 0 Å². The Bertz CT molecular complexity index is 960. The molecule has 1 aromatic heterocycles.